The molecule has 0 atom stereocenters. The van der Waals surface area contributed by atoms with Crippen molar-refractivity contribution in [3.63, 3.8) is 0 Å². The number of ether oxygens (including phenoxy) is 1. The number of amides is 1. The molecule has 2 rings (SSSR count). The van der Waals surface area contributed by atoms with Crippen molar-refractivity contribution in [2.24, 2.45) is 0 Å². The van der Waals surface area contributed by atoms with E-state index >= 15 is 0 Å². The molecular weight excluding hydrogens is 278 g/mol. The number of carboxylic acid groups (broad SMARTS) is 1. The summed E-state index contributed by atoms with van der Waals surface area (Å²) in [5.74, 6) is 0.693. The van der Waals surface area contributed by atoms with Crippen molar-refractivity contribution < 1.29 is 14.6 Å². The average Bonchev–Trinajstić information content (AvgIpc) is 2.48. The Balaban J connectivity index is 2.49. The molecule has 0 spiro atoms. The lowest BCUT2D eigenvalue weighted by molar-refractivity contribution is 0.202. The van der Waals surface area contributed by atoms with Crippen LogP contribution in [0, 0.1) is 0 Å². The fraction of sp³-hybridized carbons (Fsp3) is 0.278. The van der Waals surface area contributed by atoms with Crippen molar-refractivity contribution in [2.75, 3.05) is 11.4 Å². The summed E-state index contributed by atoms with van der Waals surface area (Å²) in [5, 5.41) is 9.27. The lowest BCUT2D eigenvalue weighted by Crippen LogP contribution is -2.28. The summed E-state index contributed by atoms with van der Waals surface area (Å²) in [7, 11) is 0. The highest BCUT2D eigenvalue weighted by atomic mass is 16.5. The fourth-order valence-corrected chi connectivity index (χ4v) is 2.31. The van der Waals surface area contributed by atoms with Gasteiger partial charge >= 0.3 is 6.09 Å². The third kappa shape index (κ3) is 3.58. The number of carbonyl (C=O) groups is 1. The number of rotatable bonds is 5. The number of nitrogens with zero attached hydrogens (tertiary/aromatic N) is 1. The van der Waals surface area contributed by atoms with Gasteiger partial charge in [0, 0.05) is 18.2 Å². The van der Waals surface area contributed by atoms with E-state index in [-0.39, 0.29) is 6.10 Å². The summed E-state index contributed by atoms with van der Waals surface area (Å²) in [6, 6.07) is 15.4. The van der Waals surface area contributed by atoms with E-state index < -0.39 is 6.09 Å². The molecule has 0 aromatic heterocycles. The van der Waals surface area contributed by atoms with Crippen LogP contribution in [0.15, 0.2) is 48.5 Å². The minimum Gasteiger partial charge on any atom is -0.490 e. The quantitative estimate of drug-likeness (QED) is 0.874. The van der Waals surface area contributed by atoms with Crippen LogP contribution >= 0.6 is 0 Å². The largest absolute Gasteiger partial charge is 0.490 e. The van der Waals surface area contributed by atoms with Crippen LogP contribution in [0.25, 0.3) is 11.1 Å². The predicted octanol–water partition coefficient (Wildman–Crippen LogP) is 4.65. The maximum absolute atomic E-state index is 11.3. The van der Waals surface area contributed by atoms with Gasteiger partial charge in [0.1, 0.15) is 5.75 Å². The predicted molar refractivity (Wildman–Crippen MR) is 88.7 cm³/mol. The SMILES string of the molecule is CCN(C(=O)O)c1ccc(-c2ccccc2)c(OC(C)C)c1. The van der Waals surface area contributed by atoms with Crippen LogP contribution in [0.1, 0.15) is 20.8 Å². The van der Waals surface area contributed by atoms with Gasteiger partial charge in [-0.1, -0.05) is 30.3 Å². The molecule has 0 fully saturated rings. The summed E-state index contributed by atoms with van der Waals surface area (Å²) in [6.45, 7) is 6.11. The number of hydrogen-bond acceptors (Lipinski definition) is 2. The standard InChI is InChI=1S/C18H21NO3/c1-4-19(18(20)21)15-10-11-16(14-8-6-5-7-9-14)17(12-15)22-13(2)3/h5-13H,4H2,1-3H3,(H,20,21). The highest BCUT2D eigenvalue weighted by Crippen LogP contribution is 2.34. The first-order valence-corrected chi connectivity index (χ1v) is 7.39. The first-order chi connectivity index (χ1) is 10.5. The summed E-state index contributed by atoms with van der Waals surface area (Å²) in [5.41, 5.74) is 2.62. The smallest absolute Gasteiger partial charge is 0.411 e. The molecule has 0 aliphatic rings. The first-order valence-electron chi connectivity index (χ1n) is 7.39. The molecule has 0 aliphatic carbocycles. The number of anilines is 1. The second-order valence-electron chi connectivity index (χ2n) is 5.24. The third-order valence-electron chi connectivity index (χ3n) is 3.27. The topological polar surface area (TPSA) is 49.8 Å². The molecule has 116 valence electrons. The Morgan fingerprint density at radius 3 is 2.41 bits per heavy atom. The lowest BCUT2D eigenvalue weighted by Gasteiger charge is -2.21. The lowest BCUT2D eigenvalue weighted by atomic mass is 10.0. The minimum atomic E-state index is -0.967. The zero-order chi connectivity index (χ0) is 16.1. The molecule has 1 amide bonds. The maximum Gasteiger partial charge on any atom is 0.411 e. The van der Waals surface area contributed by atoms with Crippen molar-refractivity contribution in [1.29, 1.82) is 0 Å². The highest BCUT2D eigenvalue weighted by Gasteiger charge is 2.16. The number of hydrogen-bond donors (Lipinski definition) is 1. The Hall–Kier alpha value is -2.49. The average molecular weight is 299 g/mol. The Labute approximate surface area is 131 Å². The summed E-state index contributed by atoms with van der Waals surface area (Å²) >= 11 is 0. The summed E-state index contributed by atoms with van der Waals surface area (Å²) in [4.78, 5) is 12.6. The van der Waals surface area contributed by atoms with E-state index in [0.29, 0.717) is 18.0 Å². The van der Waals surface area contributed by atoms with Crippen LogP contribution in [-0.4, -0.2) is 23.8 Å². The monoisotopic (exact) mass is 299 g/mol. The fourth-order valence-electron chi connectivity index (χ4n) is 2.31. The van der Waals surface area contributed by atoms with Crippen LogP contribution in [0.4, 0.5) is 10.5 Å². The van der Waals surface area contributed by atoms with Crippen molar-refractivity contribution in [1.82, 2.24) is 0 Å². The van der Waals surface area contributed by atoms with Crippen molar-refractivity contribution in [2.45, 2.75) is 26.9 Å². The van der Waals surface area contributed by atoms with E-state index in [1.807, 2.05) is 63.2 Å². The molecule has 0 aliphatic heterocycles. The Kier molecular flexibility index (Phi) is 5.04. The van der Waals surface area contributed by atoms with Crippen molar-refractivity contribution in [3.8, 4) is 16.9 Å². The molecule has 0 unspecified atom stereocenters. The molecule has 0 heterocycles. The molecular formula is C18H21NO3. The van der Waals surface area contributed by atoms with Gasteiger partial charge in [0.2, 0.25) is 0 Å². The van der Waals surface area contributed by atoms with Gasteiger partial charge in [0.25, 0.3) is 0 Å². The normalized spacial score (nSPS) is 10.5. The third-order valence-corrected chi connectivity index (χ3v) is 3.27. The molecule has 4 heteroatoms. The molecule has 0 radical (unpaired) electrons. The van der Waals surface area contributed by atoms with Crippen molar-refractivity contribution in [3.05, 3.63) is 48.5 Å². The van der Waals surface area contributed by atoms with E-state index in [2.05, 4.69) is 0 Å². The van der Waals surface area contributed by atoms with Gasteiger partial charge in [-0.05, 0) is 38.5 Å². The maximum atomic E-state index is 11.3. The van der Waals surface area contributed by atoms with Crippen LogP contribution in [0.5, 0.6) is 5.75 Å². The van der Waals surface area contributed by atoms with Gasteiger partial charge < -0.3 is 9.84 Å². The second kappa shape index (κ2) is 6.98. The van der Waals surface area contributed by atoms with Gasteiger partial charge in [-0.2, -0.15) is 0 Å². The van der Waals surface area contributed by atoms with Crippen LogP contribution < -0.4 is 9.64 Å². The first kappa shape index (κ1) is 15.9. The Morgan fingerprint density at radius 1 is 1.18 bits per heavy atom. The van der Waals surface area contributed by atoms with Gasteiger partial charge in [-0.25, -0.2) is 4.79 Å². The van der Waals surface area contributed by atoms with E-state index in [1.54, 1.807) is 6.07 Å². The Morgan fingerprint density at radius 2 is 1.86 bits per heavy atom. The summed E-state index contributed by atoms with van der Waals surface area (Å²) < 4.78 is 5.90. The van der Waals surface area contributed by atoms with Gasteiger partial charge in [0.15, 0.2) is 0 Å². The van der Waals surface area contributed by atoms with Crippen molar-refractivity contribution >= 4 is 11.8 Å². The van der Waals surface area contributed by atoms with E-state index in [1.165, 1.54) is 4.90 Å². The molecule has 2 aromatic rings. The molecule has 22 heavy (non-hydrogen) atoms. The van der Waals surface area contributed by atoms with Gasteiger partial charge in [-0.15, -0.1) is 0 Å². The van der Waals surface area contributed by atoms with E-state index in [4.69, 9.17) is 4.74 Å². The van der Waals surface area contributed by atoms with E-state index in [0.717, 1.165) is 11.1 Å². The highest BCUT2D eigenvalue weighted by molar-refractivity contribution is 5.87. The Bertz CT molecular complexity index is 638. The van der Waals surface area contributed by atoms with Gasteiger partial charge in [-0.3, -0.25) is 4.90 Å². The zero-order valence-corrected chi connectivity index (χ0v) is 13.1. The molecule has 1 N–H and O–H groups in total. The summed E-state index contributed by atoms with van der Waals surface area (Å²) in [6.07, 6.45) is -0.955. The molecule has 4 nitrogen and oxygen atoms in total. The van der Waals surface area contributed by atoms with Crippen LogP contribution in [0.3, 0.4) is 0 Å². The zero-order valence-electron chi connectivity index (χ0n) is 13.1. The molecule has 0 bridgehead atoms. The number of benzene rings is 2. The van der Waals surface area contributed by atoms with E-state index in [9.17, 15) is 9.90 Å². The molecule has 0 saturated heterocycles. The second-order valence-corrected chi connectivity index (χ2v) is 5.24. The van der Waals surface area contributed by atoms with Crippen LogP contribution in [-0.2, 0) is 0 Å². The minimum absolute atomic E-state index is 0.0117. The van der Waals surface area contributed by atoms with Gasteiger partial charge in [0.05, 0.1) is 11.8 Å². The van der Waals surface area contributed by atoms with Crippen LogP contribution in [0.2, 0.25) is 0 Å². The molecule has 2 aromatic carbocycles. The molecule has 0 saturated carbocycles.